The van der Waals surface area contributed by atoms with E-state index >= 15 is 0 Å². The fourth-order valence-electron chi connectivity index (χ4n) is 1.22. The van der Waals surface area contributed by atoms with Crippen molar-refractivity contribution in [1.29, 1.82) is 0 Å². The van der Waals surface area contributed by atoms with Gasteiger partial charge in [0.2, 0.25) is 0 Å². The summed E-state index contributed by atoms with van der Waals surface area (Å²) in [6.45, 7) is 0. The van der Waals surface area contributed by atoms with Crippen molar-refractivity contribution in [2.45, 2.75) is 18.3 Å². The van der Waals surface area contributed by atoms with Gasteiger partial charge in [0.25, 0.3) is 12.1 Å². The number of nitrogens with two attached hydrogens (primary N) is 1. The van der Waals surface area contributed by atoms with Crippen LogP contribution in [0.3, 0.4) is 0 Å². The Morgan fingerprint density at radius 2 is 1.50 bits per heavy atom. The second-order valence-electron chi connectivity index (χ2n) is 3.10. The highest BCUT2D eigenvalue weighted by molar-refractivity contribution is 5.50. The molecule has 0 aliphatic heterocycles. The Labute approximate surface area is 86.9 Å². The Bertz CT molecular complexity index is 375. The standard InChI is InChI=1S/C9H7F6N/c10-7(11)8(12,9(13,14)15)5-3-1-2-4-6(5)16/h1-4,7H,16H2. The molecule has 7 heteroatoms. The number of nitrogen functional groups attached to an aromatic ring is 1. The Kier molecular flexibility index (Phi) is 3.07. The van der Waals surface area contributed by atoms with Crippen molar-refractivity contribution in [3.8, 4) is 0 Å². The summed E-state index contributed by atoms with van der Waals surface area (Å²) in [6, 6.07) is 3.75. The lowest BCUT2D eigenvalue weighted by atomic mass is 9.94. The van der Waals surface area contributed by atoms with Crippen LogP contribution in [0.15, 0.2) is 24.3 Å². The fourth-order valence-corrected chi connectivity index (χ4v) is 1.22. The minimum Gasteiger partial charge on any atom is -0.398 e. The number of alkyl halides is 6. The summed E-state index contributed by atoms with van der Waals surface area (Å²) in [4.78, 5) is 0. The first-order valence-corrected chi connectivity index (χ1v) is 4.10. The summed E-state index contributed by atoms with van der Waals surface area (Å²) in [5, 5.41) is 0. The number of para-hydroxylation sites is 1. The molecule has 0 spiro atoms. The summed E-state index contributed by atoms with van der Waals surface area (Å²) in [6.07, 6.45) is -9.96. The second kappa shape index (κ2) is 3.88. The number of halogens is 6. The van der Waals surface area contributed by atoms with Crippen LogP contribution in [0.25, 0.3) is 0 Å². The number of anilines is 1. The summed E-state index contributed by atoms with van der Waals surface area (Å²) in [5.41, 5.74) is -1.60. The van der Waals surface area contributed by atoms with E-state index in [0.717, 1.165) is 12.1 Å². The average Bonchev–Trinajstić information content (AvgIpc) is 2.15. The third kappa shape index (κ3) is 1.81. The van der Waals surface area contributed by atoms with Crippen molar-refractivity contribution < 1.29 is 26.3 Å². The number of rotatable bonds is 2. The average molecular weight is 243 g/mol. The van der Waals surface area contributed by atoms with Gasteiger partial charge in [0.05, 0.1) is 0 Å². The van der Waals surface area contributed by atoms with E-state index in [9.17, 15) is 26.3 Å². The third-order valence-electron chi connectivity index (χ3n) is 2.07. The van der Waals surface area contributed by atoms with Gasteiger partial charge in [-0.1, -0.05) is 18.2 Å². The predicted molar refractivity (Wildman–Crippen MR) is 45.7 cm³/mol. The molecular weight excluding hydrogens is 236 g/mol. The van der Waals surface area contributed by atoms with E-state index in [-0.39, 0.29) is 0 Å². The molecule has 1 rings (SSSR count). The maximum Gasteiger partial charge on any atom is 0.432 e. The van der Waals surface area contributed by atoms with Crippen LogP contribution in [0, 0.1) is 0 Å². The molecular formula is C9H7F6N. The van der Waals surface area contributed by atoms with E-state index in [2.05, 4.69) is 0 Å². The number of benzene rings is 1. The molecule has 16 heavy (non-hydrogen) atoms. The highest BCUT2D eigenvalue weighted by Crippen LogP contribution is 2.48. The van der Waals surface area contributed by atoms with Gasteiger partial charge in [-0.3, -0.25) is 0 Å². The molecule has 0 heterocycles. The van der Waals surface area contributed by atoms with Crippen molar-refractivity contribution in [3.63, 3.8) is 0 Å². The first kappa shape index (κ1) is 12.7. The van der Waals surface area contributed by atoms with E-state index in [1.54, 1.807) is 0 Å². The van der Waals surface area contributed by atoms with E-state index in [0.29, 0.717) is 6.07 Å². The summed E-state index contributed by atoms with van der Waals surface area (Å²) < 4.78 is 75.0. The van der Waals surface area contributed by atoms with E-state index < -0.39 is 29.5 Å². The van der Waals surface area contributed by atoms with Gasteiger partial charge in [0.1, 0.15) is 0 Å². The van der Waals surface area contributed by atoms with Gasteiger partial charge >= 0.3 is 6.18 Å². The van der Waals surface area contributed by atoms with E-state index in [4.69, 9.17) is 5.73 Å². The van der Waals surface area contributed by atoms with E-state index in [1.807, 2.05) is 0 Å². The van der Waals surface area contributed by atoms with Gasteiger partial charge in [-0.2, -0.15) is 13.2 Å². The van der Waals surface area contributed by atoms with Crippen LogP contribution in [0.5, 0.6) is 0 Å². The van der Waals surface area contributed by atoms with Gasteiger partial charge in [-0.05, 0) is 6.07 Å². The van der Waals surface area contributed by atoms with Gasteiger partial charge in [0, 0.05) is 11.3 Å². The lowest BCUT2D eigenvalue weighted by Crippen LogP contribution is -2.44. The third-order valence-corrected chi connectivity index (χ3v) is 2.07. The van der Waals surface area contributed by atoms with Crippen molar-refractivity contribution in [1.82, 2.24) is 0 Å². The topological polar surface area (TPSA) is 26.0 Å². The van der Waals surface area contributed by atoms with Gasteiger partial charge in [-0.15, -0.1) is 0 Å². The molecule has 0 aromatic heterocycles. The molecule has 1 nitrogen and oxygen atoms in total. The van der Waals surface area contributed by atoms with Crippen LogP contribution in [0.1, 0.15) is 5.56 Å². The van der Waals surface area contributed by atoms with Crippen molar-refractivity contribution in [3.05, 3.63) is 29.8 Å². The molecule has 0 saturated heterocycles. The molecule has 90 valence electrons. The van der Waals surface area contributed by atoms with Crippen LogP contribution in [-0.4, -0.2) is 12.6 Å². The zero-order valence-corrected chi connectivity index (χ0v) is 7.73. The minimum atomic E-state index is -5.73. The normalized spacial score (nSPS) is 16.2. The van der Waals surface area contributed by atoms with Crippen LogP contribution in [0.2, 0.25) is 0 Å². The monoisotopic (exact) mass is 243 g/mol. The molecule has 0 aliphatic carbocycles. The van der Waals surface area contributed by atoms with E-state index in [1.165, 1.54) is 6.07 Å². The predicted octanol–water partition coefficient (Wildman–Crippen LogP) is 3.26. The molecule has 2 N–H and O–H groups in total. The summed E-state index contributed by atoms with van der Waals surface area (Å²) >= 11 is 0. The zero-order valence-electron chi connectivity index (χ0n) is 7.73. The second-order valence-corrected chi connectivity index (χ2v) is 3.10. The highest BCUT2D eigenvalue weighted by atomic mass is 19.4. The Morgan fingerprint density at radius 1 is 1.00 bits per heavy atom. The van der Waals surface area contributed by atoms with Gasteiger partial charge in [0.15, 0.2) is 0 Å². The largest absolute Gasteiger partial charge is 0.432 e. The quantitative estimate of drug-likeness (QED) is 0.626. The summed E-state index contributed by atoms with van der Waals surface area (Å²) in [7, 11) is 0. The number of hydrogen-bond acceptors (Lipinski definition) is 1. The van der Waals surface area contributed by atoms with Gasteiger partial charge < -0.3 is 5.73 Å². The Balaban J connectivity index is 3.40. The van der Waals surface area contributed by atoms with Crippen molar-refractivity contribution in [2.24, 2.45) is 0 Å². The zero-order chi connectivity index (χ0) is 12.6. The van der Waals surface area contributed by atoms with Crippen LogP contribution >= 0.6 is 0 Å². The molecule has 0 aliphatic rings. The fraction of sp³-hybridized carbons (Fsp3) is 0.333. The minimum absolute atomic E-state index is 0.592. The molecule has 1 atom stereocenters. The smallest absolute Gasteiger partial charge is 0.398 e. The number of hydrogen-bond donors (Lipinski definition) is 1. The van der Waals surface area contributed by atoms with Gasteiger partial charge in [-0.25, -0.2) is 13.2 Å². The molecule has 1 aromatic carbocycles. The Hall–Kier alpha value is -1.40. The summed E-state index contributed by atoms with van der Waals surface area (Å²) in [5.74, 6) is 0. The first-order valence-electron chi connectivity index (χ1n) is 4.10. The van der Waals surface area contributed by atoms with Crippen LogP contribution < -0.4 is 5.73 Å². The molecule has 0 bridgehead atoms. The molecule has 1 unspecified atom stereocenters. The highest BCUT2D eigenvalue weighted by Gasteiger charge is 2.64. The maximum atomic E-state index is 13.5. The SMILES string of the molecule is Nc1ccccc1C(F)(C(F)F)C(F)(F)F. The molecule has 1 aromatic rings. The molecule has 0 saturated carbocycles. The molecule has 0 amide bonds. The molecule has 0 radical (unpaired) electrons. The van der Waals surface area contributed by atoms with Crippen molar-refractivity contribution in [2.75, 3.05) is 5.73 Å². The lowest BCUT2D eigenvalue weighted by molar-refractivity contribution is -0.274. The lowest BCUT2D eigenvalue weighted by Gasteiger charge is -2.28. The van der Waals surface area contributed by atoms with Crippen molar-refractivity contribution >= 4 is 5.69 Å². The maximum absolute atomic E-state index is 13.5. The molecule has 0 fully saturated rings. The first-order chi connectivity index (χ1) is 7.21. The Morgan fingerprint density at radius 3 is 1.88 bits per heavy atom. The van der Waals surface area contributed by atoms with Crippen LogP contribution in [-0.2, 0) is 5.67 Å². The van der Waals surface area contributed by atoms with Crippen LogP contribution in [0.4, 0.5) is 32.0 Å².